The third-order valence-corrected chi connectivity index (χ3v) is 6.28. The Morgan fingerprint density at radius 2 is 1.84 bits per heavy atom. The van der Waals surface area contributed by atoms with Gasteiger partial charge < -0.3 is 24.3 Å². The van der Waals surface area contributed by atoms with Crippen molar-refractivity contribution in [3.8, 4) is 0 Å². The minimum atomic E-state index is -2.70. The third-order valence-electron chi connectivity index (χ3n) is 6.28. The molecule has 10 heteroatoms. The van der Waals surface area contributed by atoms with E-state index in [1.54, 1.807) is 4.90 Å². The van der Waals surface area contributed by atoms with Gasteiger partial charge in [0.2, 0.25) is 0 Å². The Morgan fingerprint density at radius 1 is 1.23 bits per heavy atom. The number of fused-ring (bicyclic) bond motifs is 1. The Labute approximate surface area is 178 Å². The van der Waals surface area contributed by atoms with E-state index in [9.17, 15) is 23.2 Å². The first-order valence-corrected chi connectivity index (χ1v) is 10.3. The summed E-state index contributed by atoms with van der Waals surface area (Å²) in [5.74, 6) is -0.380. The van der Waals surface area contributed by atoms with Crippen molar-refractivity contribution in [3.05, 3.63) is 28.2 Å². The summed E-state index contributed by atoms with van der Waals surface area (Å²) in [6, 6.07) is 1.16. The van der Waals surface area contributed by atoms with E-state index in [2.05, 4.69) is 5.32 Å². The lowest BCUT2D eigenvalue weighted by Gasteiger charge is -2.26. The molecule has 0 aromatic carbocycles. The number of piperidine rings is 1. The fraction of sp³-hybridized carbons (Fsp3) is 0.667. The number of hydrogen-bond acceptors (Lipinski definition) is 6. The van der Waals surface area contributed by atoms with Crippen LogP contribution >= 0.6 is 0 Å². The SMILES string of the molecule is COC(=O)c1cn(C2(C(F)F)CC2)c(=O)cc1N[C@H]1[C@@H]2CN(C(=O)OC(C)(C)C)C[C@@H]21. The fourth-order valence-corrected chi connectivity index (χ4v) is 4.36. The summed E-state index contributed by atoms with van der Waals surface area (Å²) in [5, 5.41) is 3.20. The molecule has 0 unspecified atom stereocenters. The van der Waals surface area contributed by atoms with Gasteiger partial charge in [0, 0.05) is 43.2 Å². The number of carbonyl (C=O) groups is 2. The minimum Gasteiger partial charge on any atom is -0.465 e. The van der Waals surface area contributed by atoms with Crippen molar-refractivity contribution in [2.45, 2.75) is 57.2 Å². The zero-order chi connectivity index (χ0) is 22.7. The lowest BCUT2D eigenvalue weighted by molar-refractivity contribution is 0.0272. The molecule has 0 bridgehead atoms. The summed E-state index contributed by atoms with van der Waals surface area (Å²) >= 11 is 0. The normalized spacial score (nSPS) is 25.8. The van der Waals surface area contributed by atoms with Crippen molar-refractivity contribution >= 4 is 17.7 Å². The van der Waals surface area contributed by atoms with Gasteiger partial charge in [-0.05, 0) is 33.6 Å². The van der Waals surface area contributed by atoms with Gasteiger partial charge in [0.15, 0.2) is 0 Å². The van der Waals surface area contributed by atoms with E-state index in [4.69, 9.17) is 9.47 Å². The Kier molecular flexibility index (Phi) is 5.01. The smallest absolute Gasteiger partial charge is 0.410 e. The lowest BCUT2D eigenvalue weighted by atomic mass is 10.2. The number of ether oxygens (including phenoxy) is 2. The zero-order valence-corrected chi connectivity index (χ0v) is 18.0. The van der Waals surface area contributed by atoms with E-state index >= 15 is 0 Å². The van der Waals surface area contributed by atoms with Gasteiger partial charge >= 0.3 is 12.1 Å². The van der Waals surface area contributed by atoms with E-state index in [0.717, 1.165) is 4.57 Å². The van der Waals surface area contributed by atoms with E-state index in [-0.39, 0.29) is 48.1 Å². The van der Waals surface area contributed by atoms with Gasteiger partial charge in [-0.15, -0.1) is 0 Å². The highest BCUT2D eigenvalue weighted by molar-refractivity contribution is 5.95. The van der Waals surface area contributed by atoms with Gasteiger partial charge in [-0.2, -0.15) is 0 Å². The summed E-state index contributed by atoms with van der Waals surface area (Å²) in [6.45, 7) is 6.44. The fourth-order valence-electron chi connectivity index (χ4n) is 4.36. The molecule has 0 spiro atoms. The molecule has 0 radical (unpaired) electrons. The van der Waals surface area contributed by atoms with E-state index in [0.29, 0.717) is 13.1 Å². The van der Waals surface area contributed by atoms with Gasteiger partial charge in [0.05, 0.1) is 18.4 Å². The van der Waals surface area contributed by atoms with Gasteiger partial charge in [-0.25, -0.2) is 18.4 Å². The maximum Gasteiger partial charge on any atom is 0.410 e. The highest BCUT2D eigenvalue weighted by Crippen LogP contribution is 2.49. The number of nitrogens with zero attached hydrogens (tertiary/aromatic N) is 2. The molecule has 3 aliphatic rings. The number of alkyl halides is 2. The number of methoxy groups -OCH3 is 1. The molecular formula is C21H27F2N3O5. The van der Waals surface area contributed by atoms with Crippen LogP contribution in [0.3, 0.4) is 0 Å². The number of aromatic nitrogens is 1. The molecule has 2 heterocycles. The molecule has 2 aliphatic carbocycles. The number of esters is 1. The molecular weight excluding hydrogens is 412 g/mol. The average molecular weight is 439 g/mol. The van der Waals surface area contributed by atoms with Crippen LogP contribution < -0.4 is 10.9 Å². The molecule has 3 atom stereocenters. The van der Waals surface area contributed by atoms with Crippen LogP contribution in [0, 0.1) is 11.8 Å². The Morgan fingerprint density at radius 3 is 2.32 bits per heavy atom. The molecule has 1 amide bonds. The van der Waals surface area contributed by atoms with Gasteiger partial charge in [0.1, 0.15) is 11.1 Å². The number of halogens is 2. The number of amides is 1. The number of rotatable bonds is 5. The second-order valence-corrected chi connectivity index (χ2v) is 9.59. The summed E-state index contributed by atoms with van der Waals surface area (Å²) < 4.78 is 38.2. The zero-order valence-electron chi connectivity index (χ0n) is 18.0. The maximum absolute atomic E-state index is 13.5. The Bertz CT molecular complexity index is 955. The highest BCUT2D eigenvalue weighted by Gasteiger charge is 2.58. The largest absolute Gasteiger partial charge is 0.465 e. The van der Waals surface area contributed by atoms with Crippen LogP contribution in [0.25, 0.3) is 0 Å². The molecule has 2 saturated carbocycles. The first-order valence-electron chi connectivity index (χ1n) is 10.3. The molecule has 170 valence electrons. The molecule has 1 N–H and O–H groups in total. The molecule has 1 aromatic heterocycles. The standard InChI is InChI=1S/C21H27F2N3O5/c1-20(2,3)31-19(29)25-8-11-12(9-25)16(11)24-14-7-15(27)26(10-13(14)17(28)30-4)21(5-6-21)18(22)23/h7,10-12,16,18,24H,5-6,8-9H2,1-4H3/t11-,12+,16+. The topological polar surface area (TPSA) is 89.9 Å². The number of pyridine rings is 1. The number of hydrogen-bond donors (Lipinski definition) is 1. The van der Waals surface area contributed by atoms with Crippen LogP contribution in [0.2, 0.25) is 0 Å². The first-order chi connectivity index (χ1) is 14.5. The lowest BCUT2D eigenvalue weighted by Crippen LogP contribution is -2.38. The molecule has 4 rings (SSSR count). The molecule has 1 aliphatic heterocycles. The van der Waals surface area contributed by atoms with E-state index in [1.165, 1.54) is 19.4 Å². The number of nitrogens with one attached hydrogen (secondary N) is 1. The maximum atomic E-state index is 13.5. The predicted molar refractivity (Wildman–Crippen MR) is 107 cm³/mol. The van der Waals surface area contributed by atoms with Crippen LogP contribution in [-0.2, 0) is 15.0 Å². The van der Waals surface area contributed by atoms with Gasteiger partial charge in [-0.1, -0.05) is 0 Å². The Hall–Kier alpha value is -2.65. The number of likely N-dealkylation sites (tertiary alicyclic amines) is 1. The van der Waals surface area contributed by atoms with Gasteiger partial charge in [-0.3, -0.25) is 4.79 Å². The van der Waals surface area contributed by atoms with Crippen molar-refractivity contribution in [3.63, 3.8) is 0 Å². The van der Waals surface area contributed by atoms with Crippen molar-refractivity contribution in [1.29, 1.82) is 0 Å². The van der Waals surface area contributed by atoms with Crippen LogP contribution in [0.4, 0.5) is 19.3 Å². The first kappa shape index (κ1) is 21.6. The van der Waals surface area contributed by atoms with Crippen LogP contribution in [-0.4, -0.2) is 59.8 Å². The van der Waals surface area contributed by atoms with Crippen molar-refractivity contribution in [2.75, 3.05) is 25.5 Å². The monoisotopic (exact) mass is 439 g/mol. The number of carbonyl (C=O) groups excluding carboxylic acids is 2. The Balaban J connectivity index is 1.49. The molecule has 3 fully saturated rings. The summed E-state index contributed by atoms with van der Waals surface area (Å²) in [5.41, 5.74) is -2.39. The van der Waals surface area contributed by atoms with E-state index in [1.807, 2.05) is 20.8 Å². The predicted octanol–water partition coefficient (Wildman–Crippen LogP) is 2.67. The molecule has 1 aromatic rings. The molecule has 1 saturated heterocycles. The second-order valence-electron chi connectivity index (χ2n) is 9.59. The van der Waals surface area contributed by atoms with Gasteiger partial charge in [0.25, 0.3) is 12.0 Å². The van der Waals surface area contributed by atoms with Crippen molar-refractivity contribution < 1.29 is 27.8 Å². The second kappa shape index (κ2) is 7.20. The van der Waals surface area contributed by atoms with Crippen molar-refractivity contribution in [2.24, 2.45) is 11.8 Å². The minimum absolute atomic E-state index is 0.0256. The van der Waals surface area contributed by atoms with Crippen LogP contribution in [0.1, 0.15) is 44.0 Å². The van der Waals surface area contributed by atoms with E-state index < -0.39 is 29.1 Å². The summed E-state index contributed by atoms with van der Waals surface area (Å²) in [6.07, 6.45) is -1.51. The summed E-state index contributed by atoms with van der Waals surface area (Å²) in [4.78, 5) is 38.8. The van der Waals surface area contributed by atoms with Crippen LogP contribution in [0.5, 0.6) is 0 Å². The quantitative estimate of drug-likeness (QED) is 0.710. The highest BCUT2D eigenvalue weighted by atomic mass is 19.3. The molecule has 31 heavy (non-hydrogen) atoms. The molecule has 8 nitrogen and oxygen atoms in total. The number of anilines is 1. The average Bonchev–Trinajstić information content (AvgIpc) is 3.55. The van der Waals surface area contributed by atoms with Crippen molar-refractivity contribution in [1.82, 2.24) is 9.47 Å². The third kappa shape index (κ3) is 3.87. The summed E-state index contributed by atoms with van der Waals surface area (Å²) in [7, 11) is 1.20. The van der Waals surface area contributed by atoms with Crippen LogP contribution in [0.15, 0.2) is 17.1 Å².